The van der Waals surface area contributed by atoms with Crippen molar-refractivity contribution in [3.8, 4) is 5.75 Å². The van der Waals surface area contributed by atoms with Crippen LogP contribution in [0.25, 0.3) is 0 Å². The second kappa shape index (κ2) is 11.9. The molecule has 2 N–H and O–H groups in total. The number of methoxy groups -OCH3 is 1. The molecule has 2 aromatic carbocycles. The van der Waals surface area contributed by atoms with Crippen molar-refractivity contribution >= 4 is 40.9 Å². The summed E-state index contributed by atoms with van der Waals surface area (Å²) in [5.74, 6) is 1.07. The molecular weight excluding hydrogens is 474 g/mol. The molecule has 0 saturated heterocycles. The van der Waals surface area contributed by atoms with Gasteiger partial charge in [0.05, 0.1) is 29.5 Å². The Kier molecular flexibility index (Phi) is 8.95. The summed E-state index contributed by atoms with van der Waals surface area (Å²) in [5, 5.41) is 15.5. The average molecular weight is 502 g/mol. The fraction of sp³-hybridized carbons (Fsp3) is 0.333. The smallest absolute Gasteiger partial charge is 0.253 e. The number of carbonyl (C=O) groups is 2. The molecule has 34 heavy (non-hydrogen) atoms. The van der Waals surface area contributed by atoms with Gasteiger partial charge in [-0.05, 0) is 37.1 Å². The van der Waals surface area contributed by atoms with Gasteiger partial charge in [0.1, 0.15) is 5.75 Å². The molecule has 0 saturated carbocycles. The molecule has 0 aliphatic carbocycles. The van der Waals surface area contributed by atoms with Crippen LogP contribution in [0.4, 0.5) is 5.69 Å². The van der Waals surface area contributed by atoms with Gasteiger partial charge in [-0.25, -0.2) is 0 Å². The first-order valence-electron chi connectivity index (χ1n) is 10.9. The van der Waals surface area contributed by atoms with E-state index in [0.717, 1.165) is 0 Å². The Morgan fingerprint density at radius 2 is 1.91 bits per heavy atom. The molecular formula is C24H28ClN5O3S. The number of rotatable bonds is 10. The molecule has 3 aromatic rings. The van der Waals surface area contributed by atoms with Crippen molar-refractivity contribution in [3.63, 3.8) is 0 Å². The number of nitrogens with zero attached hydrogens (tertiary/aromatic N) is 3. The second-order valence-corrected chi connectivity index (χ2v) is 9.18. The van der Waals surface area contributed by atoms with Gasteiger partial charge in [0.25, 0.3) is 5.91 Å². The zero-order valence-corrected chi connectivity index (χ0v) is 21.1. The number of carbonyl (C=O) groups excluding carboxylic acids is 2. The lowest BCUT2D eigenvalue weighted by atomic mass is 10.0. The molecule has 0 spiro atoms. The first-order valence-corrected chi connectivity index (χ1v) is 12.3. The highest BCUT2D eigenvalue weighted by Crippen LogP contribution is 2.26. The molecule has 0 radical (unpaired) electrons. The van der Waals surface area contributed by atoms with E-state index in [2.05, 4.69) is 20.8 Å². The van der Waals surface area contributed by atoms with Gasteiger partial charge in [-0.2, -0.15) is 0 Å². The maximum atomic E-state index is 12.9. The lowest BCUT2D eigenvalue weighted by Crippen LogP contribution is -2.34. The predicted octanol–water partition coefficient (Wildman–Crippen LogP) is 4.82. The first kappa shape index (κ1) is 25.6. The number of amides is 2. The van der Waals surface area contributed by atoms with Crippen molar-refractivity contribution in [3.05, 3.63) is 64.9 Å². The molecule has 0 aliphatic heterocycles. The number of nitrogens with one attached hydrogen (secondary N) is 2. The number of benzene rings is 2. The summed E-state index contributed by atoms with van der Waals surface area (Å²) < 4.78 is 7.10. The highest BCUT2D eigenvalue weighted by atomic mass is 35.5. The van der Waals surface area contributed by atoms with Crippen LogP contribution in [0.2, 0.25) is 5.02 Å². The minimum absolute atomic E-state index is 0.0511. The fourth-order valence-corrected chi connectivity index (χ4v) is 4.39. The Bertz CT molecular complexity index is 1150. The van der Waals surface area contributed by atoms with E-state index in [1.165, 1.54) is 11.8 Å². The van der Waals surface area contributed by atoms with Crippen LogP contribution in [0.1, 0.15) is 43.0 Å². The number of anilines is 1. The molecule has 3 rings (SSSR count). The molecule has 0 bridgehead atoms. The molecule has 10 heteroatoms. The minimum Gasteiger partial charge on any atom is -0.497 e. The number of thioether (sulfide) groups is 1. The predicted molar refractivity (Wildman–Crippen MR) is 135 cm³/mol. The van der Waals surface area contributed by atoms with Crippen LogP contribution in [0.15, 0.2) is 53.7 Å². The van der Waals surface area contributed by atoms with Crippen molar-refractivity contribution in [2.45, 2.75) is 38.5 Å². The molecule has 1 aromatic heterocycles. The Balaban J connectivity index is 1.71. The average Bonchev–Trinajstić information content (AvgIpc) is 3.23. The standard InChI is InChI=1S/C24H28ClN5O3S/c1-5-30-22(21(15(2)3)27-23(32)18-11-6-7-12-19(18)25)28-29-24(30)34-14-20(31)26-16-9-8-10-17(13-16)33-4/h6-13,15,21H,5,14H2,1-4H3,(H,26,31)(H,27,32)/t21-/m0/s1. The van der Waals surface area contributed by atoms with Gasteiger partial charge in [0, 0.05) is 18.3 Å². The van der Waals surface area contributed by atoms with Crippen LogP contribution >= 0.6 is 23.4 Å². The van der Waals surface area contributed by atoms with Crippen LogP contribution in [-0.4, -0.2) is 39.4 Å². The van der Waals surface area contributed by atoms with Crippen LogP contribution in [0.3, 0.4) is 0 Å². The Morgan fingerprint density at radius 3 is 2.59 bits per heavy atom. The lowest BCUT2D eigenvalue weighted by molar-refractivity contribution is -0.113. The van der Waals surface area contributed by atoms with E-state index >= 15 is 0 Å². The molecule has 0 unspecified atom stereocenters. The van der Waals surface area contributed by atoms with Crippen LogP contribution < -0.4 is 15.4 Å². The van der Waals surface area contributed by atoms with Gasteiger partial charge in [-0.3, -0.25) is 9.59 Å². The third-order valence-corrected chi connectivity index (χ3v) is 6.39. The van der Waals surface area contributed by atoms with Crippen molar-refractivity contribution in [2.24, 2.45) is 5.92 Å². The van der Waals surface area contributed by atoms with Gasteiger partial charge in [0.15, 0.2) is 11.0 Å². The highest BCUT2D eigenvalue weighted by molar-refractivity contribution is 7.99. The van der Waals surface area contributed by atoms with Crippen molar-refractivity contribution in [1.29, 1.82) is 0 Å². The third-order valence-electron chi connectivity index (χ3n) is 5.10. The summed E-state index contributed by atoms with van der Waals surface area (Å²) in [5.41, 5.74) is 1.06. The first-order chi connectivity index (χ1) is 16.3. The zero-order chi connectivity index (χ0) is 24.7. The summed E-state index contributed by atoms with van der Waals surface area (Å²) in [7, 11) is 1.58. The normalized spacial score (nSPS) is 11.8. The van der Waals surface area contributed by atoms with Crippen LogP contribution in [0, 0.1) is 5.92 Å². The Labute approximate surface area is 208 Å². The van der Waals surface area contributed by atoms with Gasteiger partial charge >= 0.3 is 0 Å². The number of ether oxygens (including phenoxy) is 1. The Hall–Kier alpha value is -3.04. The SMILES string of the molecule is CCn1c(SCC(=O)Nc2cccc(OC)c2)nnc1[C@@H](NC(=O)c1ccccc1Cl)C(C)C. The molecule has 1 heterocycles. The number of aromatic nitrogens is 3. The van der Waals surface area contributed by atoms with Crippen molar-refractivity contribution < 1.29 is 14.3 Å². The van der Waals surface area contributed by atoms with Gasteiger partial charge < -0.3 is 19.9 Å². The van der Waals surface area contributed by atoms with E-state index in [1.807, 2.05) is 37.5 Å². The summed E-state index contributed by atoms with van der Waals surface area (Å²) in [4.78, 5) is 25.3. The monoisotopic (exact) mass is 501 g/mol. The maximum Gasteiger partial charge on any atom is 0.253 e. The number of hydrogen-bond acceptors (Lipinski definition) is 6. The lowest BCUT2D eigenvalue weighted by Gasteiger charge is -2.22. The molecule has 2 amide bonds. The van der Waals surface area contributed by atoms with Crippen LogP contribution in [-0.2, 0) is 11.3 Å². The fourth-order valence-electron chi connectivity index (χ4n) is 3.36. The quantitative estimate of drug-likeness (QED) is 0.386. The Morgan fingerprint density at radius 1 is 1.15 bits per heavy atom. The van der Waals surface area contributed by atoms with E-state index in [0.29, 0.717) is 39.5 Å². The molecule has 8 nitrogen and oxygen atoms in total. The van der Waals surface area contributed by atoms with Crippen molar-refractivity contribution in [2.75, 3.05) is 18.2 Å². The van der Waals surface area contributed by atoms with E-state index in [-0.39, 0.29) is 29.5 Å². The maximum absolute atomic E-state index is 12.9. The molecule has 180 valence electrons. The minimum atomic E-state index is -0.379. The van der Waals surface area contributed by atoms with Crippen molar-refractivity contribution in [1.82, 2.24) is 20.1 Å². The molecule has 0 fully saturated rings. The summed E-state index contributed by atoms with van der Waals surface area (Å²) in [6.45, 7) is 6.56. The topological polar surface area (TPSA) is 98.1 Å². The van der Waals surface area contributed by atoms with E-state index in [1.54, 1.807) is 43.5 Å². The molecule has 1 atom stereocenters. The summed E-state index contributed by atoms with van der Waals surface area (Å²) in [6.07, 6.45) is 0. The van der Waals surface area contributed by atoms with Crippen LogP contribution in [0.5, 0.6) is 5.75 Å². The van der Waals surface area contributed by atoms with Gasteiger partial charge in [0.2, 0.25) is 5.91 Å². The van der Waals surface area contributed by atoms with E-state index in [9.17, 15) is 9.59 Å². The zero-order valence-electron chi connectivity index (χ0n) is 19.5. The van der Waals surface area contributed by atoms with E-state index < -0.39 is 0 Å². The highest BCUT2D eigenvalue weighted by Gasteiger charge is 2.26. The molecule has 0 aliphatic rings. The van der Waals surface area contributed by atoms with E-state index in [4.69, 9.17) is 16.3 Å². The third kappa shape index (κ3) is 6.30. The largest absolute Gasteiger partial charge is 0.497 e. The number of hydrogen-bond donors (Lipinski definition) is 2. The van der Waals surface area contributed by atoms with Gasteiger partial charge in [-0.1, -0.05) is 55.4 Å². The second-order valence-electron chi connectivity index (χ2n) is 7.83. The summed E-state index contributed by atoms with van der Waals surface area (Å²) >= 11 is 7.48. The number of halogens is 1. The summed E-state index contributed by atoms with van der Waals surface area (Å²) in [6, 6.07) is 13.7. The van der Waals surface area contributed by atoms with Gasteiger partial charge in [-0.15, -0.1) is 10.2 Å².